The van der Waals surface area contributed by atoms with Crippen LogP contribution in [0.15, 0.2) is 53.5 Å². The van der Waals surface area contributed by atoms with Crippen LogP contribution in [-0.4, -0.2) is 55.5 Å². The van der Waals surface area contributed by atoms with Crippen LogP contribution < -0.4 is 15.4 Å². The van der Waals surface area contributed by atoms with E-state index in [1.807, 2.05) is 61.3 Å². The SMILES string of the molecule is CN=C(NCCC(=O)Nc1cccc(C)n1)N(C)CCOc1ccccc1.I. The monoisotopic (exact) mass is 497 g/mol. The molecule has 28 heavy (non-hydrogen) atoms. The van der Waals surface area contributed by atoms with Gasteiger partial charge in [0.1, 0.15) is 18.2 Å². The molecule has 0 radical (unpaired) electrons. The maximum Gasteiger partial charge on any atom is 0.227 e. The van der Waals surface area contributed by atoms with Gasteiger partial charge >= 0.3 is 0 Å². The molecule has 0 spiro atoms. The fourth-order valence-electron chi connectivity index (χ4n) is 2.41. The van der Waals surface area contributed by atoms with Crippen molar-refractivity contribution in [3.8, 4) is 5.75 Å². The number of amides is 1. The van der Waals surface area contributed by atoms with E-state index < -0.39 is 0 Å². The molecule has 0 saturated heterocycles. The van der Waals surface area contributed by atoms with Gasteiger partial charge in [-0.05, 0) is 31.2 Å². The first-order valence-electron chi connectivity index (χ1n) is 8.91. The Morgan fingerprint density at radius 3 is 2.61 bits per heavy atom. The first-order valence-corrected chi connectivity index (χ1v) is 8.91. The van der Waals surface area contributed by atoms with E-state index in [1.165, 1.54) is 0 Å². The van der Waals surface area contributed by atoms with Crippen molar-refractivity contribution in [2.75, 3.05) is 39.1 Å². The first kappa shape index (κ1) is 23.7. The lowest BCUT2D eigenvalue weighted by atomic mass is 10.3. The Morgan fingerprint density at radius 1 is 1.18 bits per heavy atom. The molecule has 2 rings (SSSR count). The van der Waals surface area contributed by atoms with Crippen molar-refractivity contribution in [2.45, 2.75) is 13.3 Å². The molecule has 0 atom stereocenters. The van der Waals surface area contributed by atoms with Gasteiger partial charge in [-0.15, -0.1) is 24.0 Å². The number of nitrogens with zero attached hydrogens (tertiary/aromatic N) is 3. The van der Waals surface area contributed by atoms with Gasteiger partial charge in [-0.3, -0.25) is 9.79 Å². The molecule has 0 aliphatic heterocycles. The maximum absolute atomic E-state index is 12.0. The molecule has 0 bridgehead atoms. The molecule has 2 N–H and O–H groups in total. The predicted octanol–water partition coefficient (Wildman–Crippen LogP) is 2.92. The summed E-state index contributed by atoms with van der Waals surface area (Å²) in [5.41, 5.74) is 0.866. The number of ether oxygens (including phenoxy) is 1. The fraction of sp³-hybridized carbons (Fsp3) is 0.350. The number of para-hydroxylation sites is 1. The largest absolute Gasteiger partial charge is 0.492 e. The van der Waals surface area contributed by atoms with Crippen molar-refractivity contribution < 1.29 is 9.53 Å². The standard InChI is InChI=1S/C20H27N5O2.HI/c1-16-8-7-11-18(23-16)24-19(26)12-13-22-20(21-2)25(3)14-15-27-17-9-5-4-6-10-17;/h4-11H,12-15H2,1-3H3,(H,21,22)(H,23,24,26);1H. The number of carbonyl (C=O) groups excluding carboxylic acids is 1. The van der Waals surface area contributed by atoms with Gasteiger partial charge in [0.2, 0.25) is 5.91 Å². The number of anilines is 1. The summed E-state index contributed by atoms with van der Waals surface area (Å²) in [4.78, 5) is 22.5. The average molecular weight is 497 g/mol. The zero-order valence-corrected chi connectivity index (χ0v) is 18.8. The van der Waals surface area contributed by atoms with Gasteiger partial charge in [-0.25, -0.2) is 4.98 Å². The van der Waals surface area contributed by atoms with Crippen molar-refractivity contribution >= 4 is 41.7 Å². The number of likely N-dealkylation sites (N-methyl/N-ethyl adjacent to an activating group) is 1. The Bertz CT molecular complexity index is 755. The second kappa shape index (κ2) is 12.9. The summed E-state index contributed by atoms with van der Waals surface area (Å²) < 4.78 is 5.69. The van der Waals surface area contributed by atoms with E-state index in [4.69, 9.17) is 4.74 Å². The number of halogens is 1. The quantitative estimate of drug-likeness (QED) is 0.333. The molecule has 1 heterocycles. The van der Waals surface area contributed by atoms with Crippen molar-refractivity contribution in [2.24, 2.45) is 4.99 Å². The Kier molecular flexibility index (Phi) is 10.9. The number of benzene rings is 1. The number of pyridine rings is 1. The Labute approximate surface area is 183 Å². The van der Waals surface area contributed by atoms with Crippen LogP contribution in [0.5, 0.6) is 5.75 Å². The normalized spacial score (nSPS) is 10.6. The predicted molar refractivity (Wildman–Crippen MR) is 124 cm³/mol. The molecule has 0 fully saturated rings. The first-order chi connectivity index (χ1) is 13.1. The number of rotatable bonds is 8. The lowest BCUT2D eigenvalue weighted by Crippen LogP contribution is -2.41. The number of aryl methyl sites for hydroxylation is 1. The number of hydrogen-bond acceptors (Lipinski definition) is 4. The van der Waals surface area contributed by atoms with Crippen LogP contribution in [0.1, 0.15) is 12.1 Å². The van der Waals surface area contributed by atoms with E-state index in [9.17, 15) is 4.79 Å². The molecule has 2 aromatic rings. The molecule has 7 nitrogen and oxygen atoms in total. The Morgan fingerprint density at radius 2 is 1.93 bits per heavy atom. The third-order valence-corrected chi connectivity index (χ3v) is 3.80. The highest BCUT2D eigenvalue weighted by Crippen LogP contribution is 2.08. The van der Waals surface area contributed by atoms with Gasteiger partial charge in [-0.2, -0.15) is 0 Å². The van der Waals surface area contributed by atoms with Crippen LogP contribution in [-0.2, 0) is 4.79 Å². The van der Waals surface area contributed by atoms with E-state index >= 15 is 0 Å². The van der Waals surface area contributed by atoms with Gasteiger partial charge in [0.15, 0.2) is 5.96 Å². The summed E-state index contributed by atoms with van der Waals surface area (Å²) in [5.74, 6) is 2.04. The molecule has 0 aliphatic carbocycles. The maximum atomic E-state index is 12.0. The van der Waals surface area contributed by atoms with Crippen molar-refractivity contribution in [3.63, 3.8) is 0 Å². The number of nitrogens with one attached hydrogen (secondary N) is 2. The van der Waals surface area contributed by atoms with Crippen LogP contribution in [0, 0.1) is 6.92 Å². The third-order valence-electron chi connectivity index (χ3n) is 3.80. The van der Waals surface area contributed by atoms with Crippen LogP contribution in [0.3, 0.4) is 0 Å². The van der Waals surface area contributed by atoms with Crippen molar-refractivity contribution in [1.82, 2.24) is 15.2 Å². The van der Waals surface area contributed by atoms with Crippen LogP contribution in [0.2, 0.25) is 0 Å². The van der Waals surface area contributed by atoms with E-state index in [2.05, 4.69) is 20.6 Å². The average Bonchev–Trinajstić information content (AvgIpc) is 2.66. The molecule has 1 amide bonds. The topological polar surface area (TPSA) is 78.8 Å². The van der Waals surface area contributed by atoms with Crippen LogP contribution in [0.4, 0.5) is 5.82 Å². The summed E-state index contributed by atoms with van der Waals surface area (Å²) in [6.45, 7) is 3.58. The molecule has 0 aliphatic rings. The Hall–Kier alpha value is -2.36. The second-order valence-corrected chi connectivity index (χ2v) is 6.02. The summed E-state index contributed by atoms with van der Waals surface area (Å²) >= 11 is 0. The Balaban J connectivity index is 0.00000392. The van der Waals surface area contributed by atoms with E-state index in [1.54, 1.807) is 13.1 Å². The zero-order chi connectivity index (χ0) is 19.5. The van der Waals surface area contributed by atoms with Crippen LogP contribution >= 0.6 is 24.0 Å². The minimum absolute atomic E-state index is 0. The molecule has 1 aromatic carbocycles. The minimum atomic E-state index is -0.0916. The highest BCUT2D eigenvalue weighted by Gasteiger charge is 2.08. The summed E-state index contributed by atoms with van der Waals surface area (Å²) in [5, 5.41) is 5.98. The van der Waals surface area contributed by atoms with Gasteiger partial charge < -0.3 is 20.3 Å². The lowest BCUT2D eigenvalue weighted by molar-refractivity contribution is -0.116. The van der Waals surface area contributed by atoms with Crippen molar-refractivity contribution in [3.05, 3.63) is 54.2 Å². The fourth-order valence-corrected chi connectivity index (χ4v) is 2.41. The molecular weight excluding hydrogens is 469 g/mol. The molecular formula is C20H28IN5O2. The molecule has 1 aromatic heterocycles. The number of carbonyl (C=O) groups is 1. The minimum Gasteiger partial charge on any atom is -0.492 e. The highest BCUT2D eigenvalue weighted by atomic mass is 127. The van der Waals surface area contributed by atoms with E-state index in [0.717, 1.165) is 11.4 Å². The number of guanidine groups is 1. The smallest absolute Gasteiger partial charge is 0.227 e. The van der Waals surface area contributed by atoms with E-state index in [0.29, 0.717) is 37.9 Å². The summed E-state index contributed by atoms with van der Waals surface area (Å²) in [7, 11) is 3.65. The highest BCUT2D eigenvalue weighted by molar-refractivity contribution is 14.0. The summed E-state index contributed by atoms with van der Waals surface area (Å²) in [6.07, 6.45) is 0.322. The third kappa shape index (κ3) is 8.55. The van der Waals surface area contributed by atoms with Crippen molar-refractivity contribution in [1.29, 1.82) is 0 Å². The molecule has 152 valence electrons. The van der Waals surface area contributed by atoms with Gasteiger partial charge in [-0.1, -0.05) is 24.3 Å². The second-order valence-electron chi connectivity index (χ2n) is 6.02. The lowest BCUT2D eigenvalue weighted by Gasteiger charge is -2.22. The molecule has 0 unspecified atom stereocenters. The number of aromatic nitrogens is 1. The zero-order valence-electron chi connectivity index (χ0n) is 16.5. The van der Waals surface area contributed by atoms with Gasteiger partial charge in [0.05, 0.1) is 6.54 Å². The molecule has 0 saturated carbocycles. The van der Waals surface area contributed by atoms with E-state index in [-0.39, 0.29) is 29.9 Å². The van der Waals surface area contributed by atoms with Gasteiger partial charge in [0.25, 0.3) is 0 Å². The molecule has 8 heteroatoms. The van der Waals surface area contributed by atoms with Crippen LogP contribution in [0.25, 0.3) is 0 Å². The van der Waals surface area contributed by atoms with Gasteiger partial charge in [0, 0.05) is 32.8 Å². The summed E-state index contributed by atoms with van der Waals surface area (Å²) in [6, 6.07) is 15.2. The number of aliphatic imine (C=N–C) groups is 1. The number of hydrogen-bond donors (Lipinski definition) is 2.